The predicted octanol–water partition coefficient (Wildman–Crippen LogP) is 4.69. The normalized spacial score (nSPS) is 14.9. The van der Waals surface area contributed by atoms with Gasteiger partial charge in [0, 0.05) is 35.9 Å². The van der Waals surface area contributed by atoms with Gasteiger partial charge in [0.2, 0.25) is 0 Å². The molecule has 9 heteroatoms. The van der Waals surface area contributed by atoms with Crippen LogP contribution in [0.3, 0.4) is 0 Å². The Kier molecular flexibility index (Phi) is 4.21. The number of nitro groups is 1. The van der Waals surface area contributed by atoms with Crippen molar-refractivity contribution >= 4 is 55.7 Å². The topological polar surface area (TPSA) is 79.6 Å². The van der Waals surface area contributed by atoms with Crippen molar-refractivity contribution in [1.82, 2.24) is 4.98 Å². The van der Waals surface area contributed by atoms with Crippen molar-refractivity contribution in [2.24, 2.45) is 0 Å². The van der Waals surface area contributed by atoms with E-state index in [9.17, 15) is 14.9 Å². The van der Waals surface area contributed by atoms with Crippen LogP contribution in [0, 0.1) is 10.1 Å². The van der Waals surface area contributed by atoms with E-state index in [2.05, 4.69) is 4.98 Å². The Morgan fingerprint density at radius 1 is 1.15 bits per heavy atom. The third kappa shape index (κ3) is 2.97. The summed E-state index contributed by atoms with van der Waals surface area (Å²) in [4.78, 5) is 31.2. The van der Waals surface area contributed by atoms with Crippen molar-refractivity contribution in [2.45, 2.75) is 6.42 Å². The van der Waals surface area contributed by atoms with Gasteiger partial charge in [0.15, 0.2) is 5.13 Å². The minimum atomic E-state index is -0.439. The molecule has 0 unspecified atom stereocenters. The highest BCUT2D eigenvalue weighted by atomic mass is 35.5. The first-order valence-corrected chi connectivity index (χ1v) is 9.12. The SMILES string of the molecule is O=C1N(c2cccc(Cl)c2)CCCN1c1nc2ccc([N+](=O)[O-])cc2s1. The highest BCUT2D eigenvalue weighted by Crippen LogP contribution is 2.34. The number of nitrogens with zero attached hydrogens (tertiary/aromatic N) is 4. The summed E-state index contributed by atoms with van der Waals surface area (Å²) in [5, 5.41) is 12.0. The van der Waals surface area contributed by atoms with Crippen molar-refractivity contribution in [2.75, 3.05) is 22.9 Å². The van der Waals surface area contributed by atoms with E-state index >= 15 is 0 Å². The Morgan fingerprint density at radius 3 is 2.73 bits per heavy atom. The van der Waals surface area contributed by atoms with E-state index in [0.717, 1.165) is 12.1 Å². The molecule has 1 fully saturated rings. The Balaban J connectivity index is 1.67. The van der Waals surface area contributed by atoms with Gasteiger partial charge in [0.1, 0.15) is 0 Å². The van der Waals surface area contributed by atoms with Gasteiger partial charge >= 0.3 is 6.03 Å². The zero-order valence-corrected chi connectivity index (χ0v) is 15.0. The fourth-order valence-corrected chi connectivity index (χ4v) is 4.12. The largest absolute Gasteiger partial charge is 0.330 e. The van der Waals surface area contributed by atoms with Gasteiger partial charge in [0.05, 0.1) is 15.1 Å². The molecule has 132 valence electrons. The van der Waals surface area contributed by atoms with Gasteiger partial charge < -0.3 is 0 Å². The molecule has 0 N–H and O–H groups in total. The number of rotatable bonds is 3. The average molecular weight is 389 g/mol. The van der Waals surface area contributed by atoms with E-state index in [-0.39, 0.29) is 11.7 Å². The molecule has 1 aliphatic rings. The number of hydrogen-bond acceptors (Lipinski definition) is 5. The van der Waals surface area contributed by atoms with Crippen LogP contribution < -0.4 is 9.80 Å². The van der Waals surface area contributed by atoms with Crippen LogP contribution >= 0.6 is 22.9 Å². The van der Waals surface area contributed by atoms with Crippen LogP contribution in [0.4, 0.5) is 21.3 Å². The van der Waals surface area contributed by atoms with Crippen molar-refractivity contribution in [3.8, 4) is 0 Å². The molecule has 2 amide bonds. The summed E-state index contributed by atoms with van der Waals surface area (Å²) in [7, 11) is 0. The smallest absolute Gasteiger partial charge is 0.294 e. The second-order valence-electron chi connectivity index (χ2n) is 5.82. The van der Waals surface area contributed by atoms with Crippen LogP contribution in [-0.2, 0) is 0 Å². The summed E-state index contributed by atoms with van der Waals surface area (Å²) in [6.07, 6.45) is 0.786. The summed E-state index contributed by atoms with van der Waals surface area (Å²) >= 11 is 7.32. The van der Waals surface area contributed by atoms with E-state index in [4.69, 9.17) is 11.6 Å². The molecule has 0 saturated carbocycles. The van der Waals surface area contributed by atoms with Crippen molar-refractivity contribution in [3.05, 3.63) is 57.6 Å². The lowest BCUT2D eigenvalue weighted by atomic mass is 10.2. The Labute approximate surface area is 157 Å². The summed E-state index contributed by atoms with van der Waals surface area (Å²) < 4.78 is 0.682. The number of non-ortho nitro benzene ring substituents is 1. The monoisotopic (exact) mass is 388 g/mol. The molecule has 4 rings (SSSR count). The third-order valence-corrected chi connectivity index (χ3v) is 5.42. The molecular weight excluding hydrogens is 376 g/mol. The van der Waals surface area contributed by atoms with E-state index in [1.807, 2.05) is 6.07 Å². The Morgan fingerprint density at radius 2 is 1.96 bits per heavy atom. The van der Waals surface area contributed by atoms with E-state index in [1.165, 1.54) is 23.5 Å². The standard InChI is InChI=1S/C17H13ClN4O3S/c18-11-3-1-4-12(9-11)20-7-2-8-21(17(20)23)16-19-14-6-5-13(22(24)25)10-15(14)26-16/h1,3-6,9-10H,2,7-8H2. The number of urea groups is 1. The molecule has 0 atom stereocenters. The van der Waals surface area contributed by atoms with E-state index in [0.29, 0.717) is 33.5 Å². The van der Waals surface area contributed by atoms with Crippen LogP contribution in [0.1, 0.15) is 6.42 Å². The number of aromatic nitrogens is 1. The van der Waals surface area contributed by atoms with Gasteiger partial charge in [-0.05, 0) is 30.7 Å². The summed E-state index contributed by atoms with van der Waals surface area (Å²) in [6, 6.07) is 11.5. The second-order valence-corrected chi connectivity index (χ2v) is 7.27. The molecule has 1 aliphatic heterocycles. The fraction of sp³-hybridized carbons (Fsp3) is 0.176. The fourth-order valence-electron chi connectivity index (χ4n) is 2.92. The third-order valence-electron chi connectivity index (χ3n) is 4.15. The van der Waals surface area contributed by atoms with Crippen LogP contribution in [0.15, 0.2) is 42.5 Å². The van der Waals surface area contributed by atoms with Gasteiger partial charge in [-0.2, -0.15) is 0 Å². The minimum Gasteiger partial charge on any atom is -0.294 e. The molecule has 3 aromatic rings. The maximum Gasteiger partial charge on any atom is 0.330 e. The van der Waals surface area contributed by atoms with Gasteiger partial charge in [-0.3, -0.25) is 19.9 Å². The summed E-state index contributed by atoms with van der Waals surface area (Å²) in [6.45, 7) is 1.16. The van der Waals surface area contributed by atoms with Crippen molar-refractivity contribution in [1.29, 1.82) is 0 Å². The zero-order valence-electron chi connectivity index (χ0n) is 13.5. The molecule has 1 aromatic heterocycles. The first-order chi connectivity index (χ1) is 12.5. The lowest BCUT2D eigenvalue weighted by molar-refractivity contribution is -0.384. The van der Waals surface area contributed by atoms with Gasteiger partial charge in [-0.25, -0.2) is 9.78 Å². The number of anilines is 2. The number of hydrogen-bond donors (Lipinski definition) is 0. The van der Waals surface area contributed by atoms with Crippen LogP contribution in [-0.4, -0.2) is 29.0 Å². The number of amides is 2. The van der Waals surface area contributed by atoms with E-state index < -0.39 is 4.92 Å². The number of carbonyl (C=O) groups excluding carboxylic acids is 1. The lowest BCUT2D eigenvalue weighted by Crippen LogP contribution is -2.49. The number of carbonyl (C=O) groups is 1. The zero-order chi connectivity index (χ0) is 18.3. The molecular formula is C17H13ClN4O3S. The Hall–Kier alpha value is -2.71. The van der Waals surface area contributed by atoms with Crippen LogP contribution in [0.2, 0.25) is 5.02 Å². The molecule has 0 spiro atoms. The quantitative estimate of drug-likeness (QED) is 0.481. The van der Waals surface area contributed by atoms with Gasteiger partial charge in [-0.1, -0.05) is 29.0 Å². The molecule has 1 saturated heterocycles. The first-order valence-electron chi connectivity index (χ1n) is 7.92. The van der Waals surface area contributed by atoms with Gasteiger partial charge in [0.25, 0.3) is 5.69 Å². The molecule has 0 aliphatic carbocycles. The van der Waals surface area contributed by atoms with Gasteiger partial charge in [-0.15, -0.1) is 0 Å². The Bertz CT molecular complexity index is 1020. The number of halogens is 1. The first kappa shape index (κ1) is 16.7. The predicted molar refractivity (Wildman–Crippen MR) is 102 cm³/mol. The molecule has 7 nitrogen and oxygen atoms in total. The highest BCUT2D eigenvalue weighted by molar-refractivity contribution is 7.22. The number of benzene rings is 2. The molecule has 0 radical (unpaired) electrons. The highest BCUT2D eigenvalue weighted by Gasteiger charge is 2.30. The maximum absolute atomic E-state index is 13.0. The summed E-state index contributed by atoms with van der Waals surface area (Å²) in [5.41, 5.74) is 1.39. The summed E-state index contributed by atoms with van der Waals surface area (Å²) in [5.74, 6) is 0. The molecule has 0 bridgehead atoms. The second kappa shape index (κ2) is 6.54. The lowest BCUT2D eigenvalue weighted by Gasteiger charge is -2.34. The van der Waals surface area contributed by atoms with Crippen LogP contribution in [0.25, 0.3) is 10.2 Å². The van der Waals surface area contributed by atoms with Crippen molar-refractivity contribution < 1.29 is 9.72 Å². The minimum absolute atomic E-state index is 0.0122. The average Bonchev–Trinajstić information content (AvgIpc) is 3.04. The number of fused-ring (bicyclic) bond motifs is 1. The maximum atomic E-state index is 13.0. The molecule has 2 aromatic carbocycles. The van der Waals surface area contributed by atoms with Crippen LogP contribution in [0.5, 0.6) is 0 Å². The number of thiazole rings is 1. The molecule has 2 heterocycles. The number of nitro benzene ring substituents is 1. The van der Waals surface area contributed by atoms with Crippen molar-refractivity contribution in [3.63, 3.8) is 0 Å². The van der Waals surface area contributed by atoms with E-state index in [1.54, 1.807) is 34.1 Å². The molecule has 26 heavy (non-hydrogen) atoms.